The maximum Gasteiger partial charge on any atom is 0.262 e. The summed E-state index contributed by atoms with van der Waals surface area (Å²) >= 11 is 0. The van der Waals surface area contributed by atoms with Gasteiger partial charge < -0.3 is 19.9 Å². The number of nitrogens with one attached hydrogen (secondary N) is 1. The molecule has 1 aliphatic rings. The van der Waals surface area contributed by atoms with Crippen LogP contribution in [0.1, 0.15) is 16.7 Å². The number of aryl methyl sites for hydroxylation is 2. The smallest absolute Gasteiger partial charge is 0.262 e. The molecular weight excluding hydrogens is 438 g/mol. The third-order valence-electron chi connectivity index (χ3n) is 6.17. The Hall–Kier alpha value is -4.06. The molecule has 2 amide bonds. The molecule has 0 atom stereocenters. The molecule has 0 spiro atoms. The average Bonchev–Trinajstić information content (AvgIpc) is 2.89. The Kier molecular flexibility index (Phi) is 7.83. The molecule has 1 N–H and O–H groups in total. The molecule has 0 bridgehead atoms. The van der Waals surface area contributed by atoms with Crippen LogP contribution in [-0.4, -0.2) is 49.5 Å². The molecule has 1 fully saturated rings. The fourth-order valence-corrected chi connectivity index (χ4v) is 3.93. The second kappa shape index (κ2) is 11.4. The van der Waals surface area contributed by atoms with Crippen molar-refractivity contribution in [2.45, 2.75) is 13.8 Å². The Balaban J connectivity index is 1.23. The second-order valence-corrected chi connectivity index (χ2v) is 8.69. The molecule has 6 nitrogen and oxygen atoms in total. The topological polar surface area (TPSA) is 61.9 Å². The fraction of sp³-hybridized carbons (Fsp3) is 0.241. The van der Waals surface area contributed by atoms with Crippen molar-refractivity contribution in [1.29, 1.82) is 0 Å². The van der Waals surface area contributed by atoms with Gasteiger partial charge in [-0.05, 0) is 73.0 Å². The van der Waals surface area contributed by atoms with Crippen LogP contribution in [0, 0.1) is 13.8 Å². The summed E-state index contributed by atoms with van der Waals surface area (Å²) < 4.78 is 5.61. The quantitative estimate of drug-likeness (QED) is 0.511. The van der Waals surface area contributed by atoms with E-state index in [0.717, 1.165) is 35.6 Å². The molecule has 1 saturated heterocycles. The highest BCUT2D eigenvalue weighted by molar-refractivity contribution is 5.92. The summed E-state index contributed by atoms with van der Waals surface area (Å²) in [6.07, 6.45) is 3.50. The summed E-state index contributed by atoms with van der Waals surface area (Å²) in [4.78, 5) is 28.9. The number of hydrogen-bond acceptors (Lipinski definition) is 4. The number of rotatable bonds is 7. The van der Waals surface area contributed by atoms with Gasteiger partial charge in [-0.1, -0.05) is 36.4 Å². The number of hydrogen-bond donors (Lipinski definition) is 1. The molecule has 35 heavy (non-hydrogen) atoms. The van der Waals surface area contributed by atoms with Crippen LogP contribution in [0.25, 0.3) is 6.08 Å². The first-order chi connectivity index (χ1) is 17.0. The van der Waals surface area contributed by atoms with E-state index < -0.39 is 0 Å². The van der Waals surface area contributed by atoms with Crippen LogP contribution < -0.4 is 15.0 Å². The summed E-state index contributed by atoms with van der Waals surface area (Å²) in [6, 6.07) is 23.4. The van der Waals surface area contributed by atoms with Crippen LogP contribution in [0.3, 0.4) is 0 Å². The summed E-state index contributed by atoms with van der Waals surface area (Å²) in [5, 5.41) is 2.87. The second-order valence-electron chi connectivity index (χ2n) is 8.69. The average molecular weight is 470 g/mol. The Morgan fingerprint density at radius 1 is 0.886 bits per heavy atom. The molecule has 0 saturated carbocycles. The SMILES string of the molecule is Cc1ccc(OCC(=O)Nc2ccc(N3CCN(C(=O)/C=C/c4ccccc4)CC3)cc2)cc1C. The molecule has 6 heteroatoms. The van der Waals surface area contributed by atoms with Crippen molar-refractivity contribution >= 4 is 29.3 Å². The first kappa shape index (κ1) is 24.1. The van der Waals surface area contributed by atoms with E-state index in [1.165, 1.54) is 5.56 Å². The standard InChI is InChI=1S/C29H31N3O3/c1-22-8-14-27(20-23(22)2)35-21-28(33)30-25-10-12-26(13-11-25)31-16-18-32(19-17-31)29(34)15-9-24-6-4-3-5-7-24/h3-15,20H,16-19,21H2,1-2H3,(H,30,33)/b15-9+. The lowest BCUT2D eigenvalue weighted by Crippen LogP contribution is -2.48. The van der Waals surface area contributed by atoms with E-state index in [1.54, 1.807) is 6.08 Å². The molecule has 4 rings (SSSR count). The normalized spacial score (nSPS) is 13.7. The minimum Gasteiger partial charge on any atom is -0.484 e. The van der Waals surface area contributed by atoms with Gasteiger partial charge in [0.15, 0.2) is 6.61 Å². The van der Waals surface area contributed by atoms with Crippen LogP contribution >= 0.6 is 0 Å². The highest BCUT2D eigenvalue weighted by Crippen LogP contribution is 2.20. The number of piperazine rings is 1. The van der Waals surface area contributed by atoms with Gasteiger partial charge >= 0.3 is 0 Å². The predicted octanol–water partition coefficient (Wildman–Crippen LogP) is 4.68. The maximum absolute atomic E-state index is 12.5. The van der Waals surface area contributed by atoms with Crippen molar-refractivity contribution in [3.05, 3.63) is 95.6 Å². The Bertz CT molecular complexity index is 1180. The molecule has 3 aromatic carbocycles. The van der Waals surface area contributed by atoms with Crippen molar-refractivity contribution in [3.8, 4) is 5.75 Å². The van der Waals surface area contributed by atoms with E-state index in [9.17, 15) is 9.59 Å². The van der Waals surface area contributed by atoms with Gasteiger partial charge in [0.2, 0.25) is 5.91 Å². The molecule has 0 aromatic heterocycles. The van der Waals surface area contributed by atoms with Gasteiger partial charge in [-0.3, -0.25) is 9.59 Å². The molecule has 0 unspecified atom stereocenters. The Morgan fingerprint density at radius 3 is 2.29 bits per heavy atom. The highest BCUT2D eigenvalue weighted by Gasteiger charge is 2.20. The molecule has 3 aromatic rings. The van der Waals surface area contributed by atoms with Gasteiger partial charge in [-0.25, -0.2) is 0 Å². The fourth-order valence-electron chi connectivity index (χ4n) is 3.93. The Labute approximate surface area is 206 Å². The van der Waals surface area contributed by atoms with Crippen LogP contribution in [0.2, 0.25) is 0 Å². The number of nitrogens with zero attached hydrogens (tertiary/aromatic N) is 2. The number of benzene rings is 3. The lowest BCUT2D eigenvalue weighted by Gasteiger charge is -2.35. The molecule has 180 valence electrons. The van der Waals surface area contributed by atoms with Crippen LogP contribution in [-0.2, 0) is 9.59 Å². The van der Waals surface area contributed by atoms with Gasteiger partial charge in [0.1, 0.15) is 5.75 Å². The highest BCUT2D eigenvalue weighted by atomic mass is 16.5. The summed E-state index contributed by atoms with van der Waals surface area (Å²) in [6.45, 7) is 6.89. The van der Waals surface area contributed by atoms with Gasteiger partial charge in [-0.15, -0.1) is 0 Å². The molecule has 0 aliphatic carbocycles. The van der Waals surface area contributed by atoms with Gasteiger partial charge in [0, 0.05) is 43.6 Å². The first-order valence-corrected chi connectivity index (χ1v) is 11.8. The van der Waals surface area contributed by atoms with E-state index >= 15 is 0 Å². The lowest BCUT2D eigenvalue weighted by molar-refractivity contribution is -0.126. The zero-order valence-corrected chi connectivity index (χ0v) is 20.2. The van der Waals surface area contributed by atoms with E-state index in [1.807, 2.05) is 97.6 Å². The predicted molar refractivity (Wildman–Crippen MR) is 141 cm³/mol. The zero-order valence-electron chi connectivity index (χ0n) is 20.2. The zero-order chi connectivity index (χ0) is 24.6. The molecular formula is C29H31N3O3. The van der Waals surface area contributed by atoms with E-state index in [0.29, 0.717) is 18.8 Å². The number of ether oxygens (including phenoxy) is 1. The van der Waals surface area contributed by atoms with E-state index in [-0.39, 0.29) is 18.4 Å². The maximum atomic E-state index is 12.5. The minimum absolute atomic E-state index is 0.0366. The number of amides is 2. The van der Waals surface area contributed by atoms with Gasteiger partial charge in [0.25, 0.3) is 5.91 Å². The van der Waals surface area contributed by atoms with Crippen molar-refractivity contribution in [1.82, 2.24) is 4.90 Å². The van der Waals surface area contributed by atoms with Crippen molar-refractivity contribution in [2.75, 3.05) is 43.0 Å². The third kappa shape index (κ3) is 6.73. The summed E-state index contributed by atoms with van der Waals surface area (Å²) in [7, 11) is 0. The number of anilines is 2. The number of carbonyl (C=O) groups is 2. The molecule has 0 radical (unpaired) electrons. The summed E-state index contributed by atoms with van der Waals surface area (Å²) in [5.74, 6) is 0.521. The van der Waals surface area contributed by atoms with Crippen LogP contribution in [0.4, 0.5) is 11.4 Å². The largest absolute Gasteiger partial charge is 0.484 e. The van der Waals surface area contributed by atoms with Gasteiger partial charge in [-0.2, -0.15) is 0 Å². The van der Waals surface area contributed by atoms with Crippen LogP contribution in [0.15, 0.2) is 78.9 Å². The van der Waals surface area contributed by atoms with E-state index in [4.69, 9.17) is 4.74 Å². The van der Waals surface area contributed by atoms with Crippen molar-refractivity contribution in [2.24, 2.45) is 0 Å². The van der Waals surface area contributed by atoms with Crippen LogP contribution in [0.5, 0.6) is 5.75 Å². The minimum atomic E-state index is -0.202. The molecule has 1 aliphatic heterocycles. The van der Waals surface area contributed by atoms with Crippen molar-refractivity contribution < 1.29 is 14.3 Å². The number of carbonyl (C=O) groups excluding carboxylic acids is 2. The summed E-state index contributed by atoms with van der Waals surface area (Å²) in [5.41, 5.74) is 5.13. The van der Waals surface area contributed by atoms with Crippen molar-refractivity contribution in [3.63, 3.8) is 0 Å². The lowest BCUT2D eigenvalue weighted by atomic mass is 10.1. The molecule has 1 heterocycles. The monoisotopic (exact) mass is 469 g/mol. The van der Waals surface area contributed by atoms with E-state index in [2.05, 4.69) is 10.2 Å². The van der Waals surface area contributed by atoms with Gasteiger partial charge in [0.05, 0.1) is 0 Å². The third-order valence-corrected chi connectivity index (χ3v) is 6.17. The Morgan fingerprint density at radius 2 is 1.60 bits per heavy atom. The first-order valence-electron chi connectivity index (χ1n) is 11.8.